The van der Waals surface area contributed by atoms with Crippen molar-refractivity contribution in [3.8, 4) is 0 Å². The van der Waals surface area contributed by atoms with Gasteiger partial charge in [-0.05, 0) is 42.9 Å². The molecule has 1 amide bonds. The minimum atomic E-state index is -3.62. The van der Waals surface area contributed by atoms with E-state index in [9.17, 15) is 13.2 Å². The number of carbonyl (C=O) groups excluding carboxylic acids is 1. The third-order valence-electron chi connectivity index (χ3n) is 3.64. The molecular formula is C14H20N2O3S. The van der Waals surface area contributed by atoms with Crippen molar-refractivity contribution in [1.82, 2.24) is 5.32 Å². The third kappa shape index (κ3) is 4.05. The number of hydrogen-bond acceptors (Lipinski definition) is 3. The van der Waals surface area contributed by atoms with Crippen LogP contribution in [0.2, 0.25) is 0 Å². The van der Waals surface area contributed by atoms with E-state index in [1.165, 1.54) is 12.1 Å². The maximum absolute atomic E-state index is 11.6. The molecule has 0 aliphatic heterocycles. The molecule has 1 aromatic rings. The van der Waals surface area contributed by atoms with Crippen molar-refractivity contribution >= 4 is 15.9 Å². The fraction of sp³-hybridized carbons (Fsp3) is 0.500. The summed E-state index contributed by atoms with van der Waals surface area (Å²) in [5, 5.41) is 7.96. The summed E-state index contributed by atoms with van der Waals surface area (Å²) in [7, 11) is -3.62. The van der Waals surface area contributed by atoms with E-state index in [0.717, 1.165) is 24.8 Å². The molecule has 20 heavy (non-hydrogen) atoms. The highest BCUT2D eigenvalue weighted by Crippen LogP contribution is 2.37. The summed E-state index contributed by atoms with van der Waals surface area (Å²) in [5.74, 6) is 0.895. The molecule has 1 fully saturated rings. The molecule has 1 aliphatic rings. The van der Waals surface area contributed by atoms with Crippen molar-refractivity contribution in [3.63, 3.8) is 0 Å². The second kappa shape index (κ2) is 5.93. The van der Waals surface area contributed by atoms with Gasteiger partial charge in [0, 0.05) is 12.5 Å². The Balaban J connectivity index is 1.73. The Morgan fingerprint density at radius 1 is 1.35 bits per heavy atom. The molecule has 2 unspecified atom stereocenters. The SMILES string of the molecule is CC1CC1C(=O)NCCCc1ccc(S(N)(=O)=O)cc1. The Bertz CT molecular complexity index is 581. The van der Waals surface area contributed by atoms with Gasteiger partial charge in [-0.15, -0.1) is 0 Å². The molecule has 1 aliphatic carbocycles. The molecule has 6 heteroatoms. The first-order valence-electron chi connectivity index (χ1n) is 6.77. The second-order valence-electron chi connectivity index (χ2n) is 5.40. The maximum Gasteiger partial charge on any atom is 0.238 e. The van der Waals surface area contributed by atoms with Crippen LogP contribution in [0.5, 0.6) is 0 Å². The summed E-state index contributed by atoms with van der Waals surface area (Å²) >= 11 is 0. The van der Waals surface area contributed by atoms with Gasteiger partial charge in [-0.1, -0.05) is 19.1 Å². The molecule has 0 radical (unpaired) electrons. The van der Waals surface area contributed by atoms with E-state index in [1.807, 2.05) is 0 Å². The lowest BCUT2D eigenvalue weighted by Gasteiger charge is -2.05. The van der Waals surface area contributed by atoms with Gasteiger partial charge in [0.15, 0.2) is 0 Å². The van der Waals surface area contributed by atoms with Crippen LogP contribution in [0.1, 0.15) is 25.3 Å². The fourth-order valence-corrected chi connectivity index (χ4v) is 2.68. The monoisotopic (exact) mass is 296 g/mol. The number of aryl methyl sites for hydroxylation is 1. The molecule has 1 aromatic carbocycles. The van der Waals surface area contributed by atoms with Crippen LogP contribution in [0, 0.1) is 11.8 Å². The van der Waals surface area contributed by atoms with Crippen molar-refractivity contribution in [3.05, 3.63) is 29.8 Å². The van der Waals surface area contributed by atoms with Gasteiger partial charge in [0.25, 0.3) is 0 Å². The molecule has 5 nitrogen and oxygen atoms in total. The van der Waals surface area contributed by atoms with Gasteiger partial charge in [-0.2, -0.15) is 0 Å². The van der Waals surface area contributed by atoms with Crippen molar-refractivity contribution in [2.75, 3.05) is 6.54 Å². The zero-order chi connectivity index (χ0) is 14.8. The molecular weight excluding hydrogens is 276 g/mol. The topological polar surface area (TPSA) is 89.3 Å². The lowest BCUT2D eigenvalue weighted by atomic mass is 10.1. The van der Waals surface area contributed by atoms with E-state index in [-0.39, 0.29) is 16.7 Å². The van der Waals surface area contributed by atoms with Crippen molar-refractivity contribution in [1.29, 1.82) is 0 Å². The van der Waals surface area contributed by atoms with Crippen molar-refractivity contribution in [2.24, 2.45) is 17.0 Å². The molecule has 0 aromatic heterocycles. The number of sulfonamides is 1. The van der Waals surface area contributed by atoms with Gasteiger partial charge in [-0.3, -0.25) is 4.79 Å². The average Bonchev–Trinajstić information content (AvgIpc) is 3.11. The van der Waals surface area contributed by atoms with Gasteiger partial charge in [0.2, 0.25) is 15.9 Å². The van der Waals surface area contributed by atoms with Gasteiger partial charge in [0.1, 0.15) is 0 Å². The van der Waals surface area contributed by atoms with Gasteiger partial charge in [-0.25, -0.2) is 13.6 Å². The largest absolute Gasteiger partial charge is 0.356 e. The minimum absolute atomic E-state index is 0.122. The summed E-state index contributed by atoms with van der Waals surface area (Å²) in [6.45, 7) is 2.73. The van der Waals surface area contributed by atoms with Crippen LogP contribution >= 0.6 is 0 Å². The normalized spacial score (nSPS) is 21.5. The first kappa shape index (κ1) is 15.0. The highest BCUT2D eigenvalue weighted by molar-refractivity contribution is 7.89. The zero-order valence-electron chi connectivity index (χ0n) is 11.5. The van der Waals surface area contributed by atoms with Crippen LogP contribution in [0.15, 0.2) is 29.2 Å². The number of carbonyl (C=O) groups is 1. The number of benzene rings is 1. The molecule has 110 valence electrons. The van der Waals surface area contributed by atoms with E-state index in [4.69, 9.17) is 5.14 Å². The lowest BCUT2D eigenvalue weighted by molar-refractivity contribution is -0.122. The zero-order valence-corrected chi connectivity index (χ0v) is 12.3. The number of rotatable bonds is 6. The van der Waals surface area contributed by atoms with Crippen LogP contribution in [-0.2, 0) is 21.2 Å². The Kier molecular flexibility index (Phi) is 4.45. The van der Waals surface area contributed by atoms with E-state index >= 15 is 0 Å². The van der Waals surface area contributed by atoms with Crippen LogP contribution in [-0.4, -0.2) is 20.9 Å². The van der Waals surface area contributed by atoms with Gasteiger partial charge < -0.3 is 5.32 Å². The summed E-state index contributed by atoms with van der Waals surface area (Å²) in [5.41, 5.74) is 1.03. The molecule has 0 bridgehead atoms. The van der Waals surface area contributed by atoms with E-state index < -0.39 is 10.0 Å². The quantitative estimate of drug-likeness (QED) is 0.769. The highest BCUT2D eigenvalue weighted by atomic mass is 32.2. The second-order valence-corrected chi connectivity index (χ2v) is 6.96. The van der Waals surface area contributed by atoms with E-state index in [2.05, 4.69) is 12.2 Å². The first-order chi connectivity index (χ1) is 9.38. The lowest BCUT2D eigenvalue weighted by Crippen LogP contribution is -2.26. The predicted molar refractivity (Wildman–Crippen MR) is 76.4 cm³/mol. The number of nitrogens with two attached hydrogens (primary N) is 1. The molecule has 2 rings (SSSR count). The summed E-state index contributed by atoms with van der Waals surface area (Å²) in [6.07, 6.45) is 2.63. The Labute approximate surface area is 119 Å². The van der Waals surface area contributed by atoms with Crippen molar-refractivity contribution in [2.45, 2.75) is 31.1 Å². The Hall–Kier alpha value is -1.40. The first-order valence-corrected chi connectivity index (χ1v) is 8.32. The number of primary sulfonamides is 1. The maximum atomic E-state index is 11.6. The number of nitrogens with one attached hydrogen (secondary N) is 1. The molecule has 3 N–H and O–H groups in total. The van der Waals surface area contributed by atoms with E-state index in [1.54, 1.807) is 12.1 Å². The molecule has 0 spiro atoms. The fourth-order valence-electron chi connectivity index (χ4n) is 2.17. The Morgan fingerprint density at radius 3 is 2.45 bits per heavy atom. The summed E-state index contributed by atoms with van der Waals surface area (Å²) in [4.78, 5) is 11.7. The number of hydrogen-bond donors (Lipinski definition) is 2. The average molecular weight is 296 g/mol. The molecule has 0 heterocycles. The standard InChI is InChI=1S/C14H20N2O3S/c1-10-9-13(10)14(17)16-8-2-3-11-4-6-12(7-5-11)20(15,18)19/h4-7,10,13H,2-3,8-9H2,1H3,(H,16,17)(H2,15,18,19). The highest BCUT2D eigenvalue weighted by Gasteiger charge is 2.38. The Morgan fingerprint density at radius 2 is 1.95 bits per heavy atom. The van der Waals surface area contributed by atoms with Gasteiger partial charge in [0.05, 0.1) is 4.90 Å². The molecule has 1 saturated carbocycles. The predicted octanol–water partition coefficient (Wildman–Crippen LogP) is 1.04. The molecule has 0 saturated heterocycles. The van der Waals surface area contributed by atoms with Crippen molar-refractivity contribution < 1.29 is 13.2 Å². The number of amides is 1. The molecule has 2 atom stereocenters. The van der Waals surface area contributed by atoms with Crippen LogP contribution in [0.3, 0.4) is 0 Å². The smallest absolute Gasteiger partial charge is 0.238 e. The van der Waals surface area contributed by atoms with Crippen LogP contribution < -0.4 is 10.5 Å². The summed E-state index contributed by atoms with van der Waals surface area (Å²) in [6, 6.07) is 6.53. The van der Waals surface area contributed by atoms with Gasteiger partial charge >= 0.3 is 0 Å². The van der Waals surface area contributed by atoms with Crippen LogP contribution in [0.25, 0.3) is 0 Å². The van der Waals surface area contributed by atoms with E-state index in [0.29, 0.717) is 12.5 Å². The third-order valence-corrected chi connectivity index (χ3v) is 4.57. The minimum Gasteiger partial charge on any atom is -0.356 e. The van der Waals surface area contributed by atoms with Crippen LogP contribution in [0.4, 0.5) is 0 Å². The summed E-state index contributed by atoms with van der Waals surface area (Å²) < 4.78 is 22.2.